The largest absolute Gasteiger partial charge is 0.478 e. The second kappa shape index (κ2) is 6.64. The summed E-state index contributed by atoms with van der Waals surface area (Å²) in [5, 5.41) is 8.92. The first-order valence-electron chi connectivity index (χ1n) is 6.13. The molecule has 9 heteroatoms. The first kappa shape index (κ1) is 16.7. The second-order valence-electron chi connectivity index (χ2n) is 4.61. The van der Waals surface area contributed by atoms with Crippen molar-refractivity contribution in [3.63, 3.8) is 0 Å². The van der Waals surface area contributed by atoms with Crippen molar-refractivity contribution in [2.45, 2.75) is 23.8 Å². The highest BCUT2D eigenvalue weighted by Crippen LogP contribution is 2.25. The Labute approximate surface area is 134 Å². The fourth-order valence-corrected chi connectivity index (χ4v) is 5.21. The van der Waals surface area contributed by atoms with Crippen LogP contribution in [0, 0.1) is 5.82 Å². The lowest BCUT2D eigenvalue weighted by atomic mass is 10.2. The molecule has 1 aromatic carbocycles. The number of sulfonamides is 1. The van der Waals surface area contributed by atoms with Gasteiger partial charge in [-0.05, 0) is 30.7 Å². The van der Waals surface area contributed by atoms with Crippen LogP contribution in [0.5, 0.6) is 0 Å². The number of carboxylic acid groups (broad SMARTS) is 1. The molecule has 21 heavy (non-hydrogen) atoms. The van der Waals surface area contributed by atoms with Crippen LogP contribution in [0.3, 0.4) is 0 Å². The average Bonchev–Trinajstić information content (AvgIpc) is 2.41. The van der Waals surface area contributed by atoms with Crippen molar-refractivity contribution in [3.8, 4) is 0 Å². The maximum atomic E-state index is 14.1. The van der Waals surface area contributed by atoms with Crippen LogP contribution in [0.15, 0.2) is 21.5 Å². The van der Waals surface area contributed by atoms with E-state index in [4.69, 9.17) is 5.11 Å². The van der Waals surface area contributed by atoms with Crippen molar-refractivity contribution in [1.29, 1.82) is 0 Å². The quantitative estimate of drug-likeness (QED) is 0.814. The molecule has 0 radical (unpaired) electrons. The van der Waals surface area contributed by atoms with Crippen LogP contribution >= 0.6 is 27.7 Å². The molecular formula is C12H13BrFNO4S2. The zero-order valence-corrected chi connectivity index (χ0v) is 14.0. The van der Waals surface area contributed by atoms with E-state index < -0.39 is 32.3 Å². The third-order valence-electron chi connectivity index (χ3n) is 3.01. The molecule has 1 aliphatic heterocycles. The number of nitrogens with one attached hydrogen (secondary N) is 1. The lowest BCUT2D eigenvalue weighted by Crippen LogP contribution is -2.38. The summed E-state index contributed by atoms with van der Waals surface area (Å²) in [6, 6.07) is 1.84. The van der Waals surface area contributed by atoms with Gasteiger partial charge >= 0.3 is 5.97 Å². The molecule has 1 saturated heterocycles. The van der Waals surface area contributed by atoms with Crippen molar-refractivity contribution in [1.82, 2.24) is 4.72 Å². The Morgan fingerprint density at radius 2 is 2.19 bits per heavy atom. The Morgan fingerprint density at radius 1 is 1.48 bits per heavy atom. The molecule has 2 rings (SSSR count). The molecule has 0 aromatic heterocycles. The Bertz CT molecular complexity index is 659. The van der Waals surface area contributed by atoms with E-state index in [2.05, 4.69) is 20.7 Å². The van der Waals surface area contributed by atoms with Crippen LogP contribution < -0.4 is 4.72 Å². The number of rotatable bonds is 4. The smallest absolute Gasteiger partial charge is 0.338 e. The number of hydrogen-bond acceptors (Lipinski definition) is 4. The van der Waals surface area contributed by atoms with Gasteiger partial charge in [-0.1, -0.05) is 15.9 Å². The van der Waals surface area contributed by atoms with E-state index in [0.29, 0.717) is 12.2 Å². The van der Waals surface area contributed by atoms with E-state index in [1.165, 1.54) is 0 Å². The Hall–Kier alpha value is -0.640. The first-order chi connectivity index (χ1) is 9.81. The summed E-state index contributed by atoms with van der Waals surface area (Å²) >= 11 is 4.64. The molecule has 2 N–H and O–H groups in total. The highest BCUT2D eigenvalue weighted by atomic mass is 79.9. The number of hydrogen-bond donors (Lipinski definition) is 2. The topological polar surface area (TPSA) is 83.5 Å². The van der Waals surface area contributed by atoms with E-state index in [-0.39, 0.29) is 10.5 Å². The van der Waals surface area contributed by atoms with Crippen molar-refractivity contribution >= 4 is 43.7 Å². The molecule has 1 heterocycles. The SMILES string of the molecule is O=C(O)c1cc(Br)cc(S(=O)(=O)NC2CCCSC2)c1F. The second-order valence-corrected chi connectivity index (χ2v) is 8.35. The van der Waals surface area contributed by atoms with E-state index in [9.17, 15) is 17.6 Å². The van der Waals surface area contributed by atoms with Crippen LogP contribution in [0.25, 0.3) is 0 Å². The molecule has 5 nitrogen and oxygen atoms in total. The molecule has 1 fully saturated rings. The summed E-state index contributed by atoms with van der Waals surface area (Å²) in [7, 11) is -4.10. The number of benzene rings is 1. The van der Waals surface area contributed by atoms with Gasteiger partial charge in [0.2, 0.25) is 10.0 Å². The molecule has 1 unspecified atom stereocenters. The molecule has 0 aliphatic carbocycles. The Morgan fingerprint density at radius 3 is 2.76 bits per heavy atom. The lowest BCUT2D eigenvalue weighted by Gasteiger charge is -2.22. The summed E-state index contributed by atoms with van der Waals surface area (Å²) in [6.45, 7) is 0. The van der Waals surface area contributed by atoms with E-state index in [1.54, 1.807) is 11.8 Å². The molecule has 0 bridgehead atoms. The van der Waals surface area contributed by atoms with Crippen LogP contribution in [0.4, 0.5) is 4.39 Å². The minimum absolute atomic E-state index is 0.194. The fourth-order valence-electron chi connectivity index (χ4n) is 2.03. The zero-order chi connectivity index (χ0) is 15.6. The van der Waals surface area contributed by atoms with Gasteiger partial charge in [-0.3, -0.25) is 0 Å². The third-order valence-corrected chi connectivity index (χ3v) is 6.20. The van der Waals surface area contributed by atoms with E-state index in [1.807, 2.05) is 0 Å². The fraction of sp³-hybridized carbons (Fsp3) is 0.417. The highest BCUT2D eigenvalue weighted by Gasteiger charge is 2.28. The predicted octanol–water partition coefficient (Wildman–Crippen LogP) is 2.46. The minimum atomic E-state index is -4.10. The summed E-state index contributed by atoms with van der Waals surface area (Å²) in [6.07, 6.45) is 1.58. The minimum Gasteiger partial charge on any atom is -0.478 e. The van der Waals surface area contributed by atoms with Crippen molar-refractivity contribution in [2.75, 3.05) is 11.5 Å². The van der Waals surface area contributed by atoms with Gasteiger partial charge in [0, 0.05) is 16.3 Å². The van der Waals surface area contributed by atoms with Crippen LogP contribution in [-0.4, -0.2) is 37.0 Å². The van der Waals surface area contributed by atoms with Gasteiger partial charge in [-0.2, -0.15) is 11.8 Å². The van der Waals surface area contributed by atoms with Gasteiger partial charge in [-0.25, -0.2) is 22.3 Å². The summed E-state index contributed by atoms with van der Waals surface area (Å²) in [4.78, 5) is 10.3. The molecule has 0 spiro atoms. The zero-order valence-electron chi connectivity index (χ0n) is 10.8. The number of carboxylic acids is 1. The molecule has 1 aromatic rings. The van der Waals surface area contributed by atoms with E-state index in [0.717, 1.165) is 24.3 Å². The third kappa shape index (κ3) is 3.97. The summed E-state index contributed by atoms with van der Waals surface area (Å²) in [5.74, 6) is -1.16. The molecular weight excluding hydrogens is 385 g/mol. The normalized spacial score (nSPS) is 19.4. The summed E-state index contributed by atoms with van der Waals surface area (Å²) in [5.41, 5.74) is -0.678. The van der Waals surface area contributed by atoms with Crippen molar-refractivity contribution < 1.29 is 22.7 Å². The number of halogens is 2. The van der Waals surface area contributed by atoms with Gasteiger partial charge in [0.25, 0.3) is 0 Å². The molecule has 0 saturated carbocycles. The van der Waals surface area contributed by atoms with Gasteiger partial charge < -0.3 is 5.11 Å². The first-order valence-corrected chi connectivity index (χ1v) is 9.57. The predicted molar refractivity (Wildman–Crippen MR) is 81.7 cm³/mol. The monoisotopic (exact) mass is 397 g/mol. The Balaban J connectivity index is 2.37. The highest BCUT2D eigenvalue weighted by molar-refractivity contribution is 9.10. The van der Waals surface area contributed by atoms with Gasteiger partial charge in [-0.15, -0.1) is 0 Å². The van der Waals surface area contributed by atoms with Gasteiger partial charge in [0.15, 0.2) is 5.82 Å². The van der Waals surface area contributed by atoms with Crippen LogP contribution in [-0.2, 0) is 10.0 Å². The van der Waals surface area contributed by atoms with Crippen LogP contribution in [0.1, 0.15) is 23.2 Å². The van der Waals surface area contributed by atoms with Gasteiger partial charge in [0.1, 0.15) is 4.90 Å². The lowest BCUT2D eigenvalue weighted by molar-refractivity contribution is 0.0691. The number of thioether (sulfide) groups is 1. The number of aromatic carboxylic acids is 1. The van der Waals surface area contributed by atoms with Crippen molar-refractivity contribution in [2.24, 2.45) is 0 Å². The molecule has 1 aliphatic rings. The van der Waals surface area contributed by atoms with Crippen LogP contribution in [0.2, 0.25) is 0 Å². The molecule has 1 atom stereocenters. The average molecular weight is 398 g/mol. The van der Waals surface area contributed by atoms with E-state index >= 15 is 0 Å². The maximum Gasteiger partial charge on any atom is 0.338 e. The van der Waals surface area contributed by atoms with Crippen molar-refractivity contribution in [3.05, 3.63) is 28.0 Å². The molecule has 0 amide bonds. The maximum absolute atomic E-state index is 14.1. The van der Waals surface area contributed by atoms with Gasteiger partial charge in [0.05, 0.1) is 5.56 Å². The summed E-state index contributed by atoms with van der Waals surface area (Å²) < 4.78 is 41.3. The molecule has 116 valence electrons. The standard InChI is InChI=1S/C12H13BrFNO4S2/c13-7-4-9(12(16)17)11(14)10(5-7)21(18,19)15-8-2-1-3-20-6-8/h4-5,8,15H,1-3,6H2,(H,16,17). The number of carbonyl (C=O) groups is 1. The Kier molecular flexibility index (Phi) is 5.29.